The van der Waals surface area contributed by atoms with Crippen LogP contribution in [0, 0.1) is 5.92 Å². The number of rotatable bonds is 5. The number of ether oxygens (including phenoxy) is 2. The summed E-state index contributed by atoms with van der Waals surface area (Å²) in [5.74, 6) is 0.0895. The highest BCUT2D eigenvalue weighted by atomic mass is 16.5. The molecule has 1 aromatic rings. The average Bonchev–Trinajstić information content (AvgIpc) is 2.90. The van der Waals surface area contributed by atoms with Crippen LogP contribution in [-0.4, -0.2) is 32.3 Å². The van der Waals surface area contributed by atoms with Gasteiger partial charge in [-0.3, -0.25) is 0 Å². The van der Waals surface area contributed by atoms with Crippen LogP contribution in [-0.2, 0) is 15.9 Å². The summed E-state index contributed by atoms with van der Waals surface area (Å²) in [6.45, 7) is 2.54. The Bertz CT molecular complexity index is 383. The summed E-state index contributed by atoms with van der Waals surface area (Å²) in [5, 5.41) is 0. The molecule has 1 aliphatic heterocycles. The van der Waals surface area contributed by atoms with Crippen LogP contribution < -0.4 is 5.73 Å². The second-order valence-corrected chi connectivity index (χ2v) is 4.56. The van der Waals surface area contributed by atoms with E-state index in [2.05, 4.69) is 0 Å². The Hall–Kier alpha value is -1.39. The summed E-state index contributed by atoms with van der Waals surface area (Å²) in [6, 6.07) is 7.42. The lowest BCUT2D eigenvalue weighted by Gasteiger charge is -2.09. The number of carbonyl (C=O) groups is 1. The smallest absolute Gasteiger partial charge is 0.338 e. The summed E-state index contributed by atoms with van der Waals surface area (Å²) in [4.78, 5) is 11.8. The van der Waals surface area contributed by atoms with Gasteiger partial charge in [-0.05, 0) is 37.1 Å². The summed E-state index contributed by atoms with van der Waals surface area (Å²) >= 11 is 0. The van der Waals surface area contributed by atoms with Crippen LogP contribution in [0.25, 0.3) is 0 Å². The molecule has 2 rings (SSSR count). The fourth-order valence-electron chi connectivity index (χ4n) is 1.97. The van der Waals surface area contributed by atoms with Gasteiger partial charge in [0.25, 0.3) is 0 Å². The third-order valence-electron chi connectivity index (χ3n) is 3.10. The van der Waals surface area contributed by atoms with Gasteiger partial charge in [-0.25, -0.2) is 4.79 Å². The summed E-state index contributed by atoms with van der Waals surface area (Å²) in [5.41, 5.74) is 7.20. The van der Waals surface area contributed by atoms with Crippen LogP contribution in [0.4, 0.5) is 0 Å². The third kappa shape index (κ3) is 3.55. The first-order valence-corrected chi connectivity index (χ1v) is 6.33. The standard InChI is InChI=1S/C14H19NO3/c15-7-5-11-1-3-13(4-2-11)14(16)18-10-12-6-8-17-9-12/h1-4,12H,5-10,15H2. The fourth-order valence-corrected chi connectivity index (χ4v) is 1.97. The van der Waals surface area contributed by atoms with E-state index in [0.29, 0.717) is 31.2 Å². The minimum absolute atomic E-state index is 0.263. The van der Waals surface area contributed by atoms with Gasteiger partial charge in [0.15, 0.2) is 0 Å². The molecular formula is C14H19NO3. The maximum Gasteiger partial charge on any atom is 0.338 e. The zero-order valence-corrected chi connectivity index (χ0v) is 10.4. The Kier molecular flexibility index (Phi) is 4.73. The predicted molar refractivity (Wildman–Crippen MR) is 68.4 cm³/mol. The first kappa shape index (κ1) is 13.1. The van der Waals surface area contributed by atoms with E-state index in [4.69, 9.17) is 15.2 Å². The lowest BCUT2D eigenvalue weighted by atomic mass is 10.1. The minimum atomic E-state index is -0.263. The van der Waals surface area contributed by atoms with Crippen molar-refractivity contribution in [2.45, 2.75) is 12.8 Å². The number of nitrogens with two attached hydrogens (primary N) is 1. The zero-order chi connectivity index (χ0) is 12.8. The van der Waals surface area contributed by atoms with Crippen molar-refractivity contribution in [3.05, 3.63) is 35.4 Å². The first-order valence-electron chi connectivity index (χ1n) is 6.33. The van der Waals surface area contributed by atoms with Gasteiger partial charge < -0.3 is 15.2 Å². The van der Waals surface area contributed by atoms with Gasteiger partial charge in [0, 0.05) is 12.5 Å². The molecule has 0 bridgehead atoms. The largest absolute Gasteiger partial charge is 0.462 e. The highest BCUT2D eigenvalue weighted by Crippen LogP contribution is 2.14. The Morgan fingerprint density at radius 2 is 2.17 bits per heavy atom. The van der Waals surface area contributed by atoms with E-state index in [0.717, 1.165) is 25.0 Å². The number of hydrogen-bond acceptors (Lipinski definition) is 4. The van der Waals surface area contributed by atoms with Gasteiger partial charge >= 0.3 is 5.97 Å². The molecule has 4 nitrogen and oxygen atoms in total. The van der Waals surface area contributed by atoms with Crippen LogP contribution in [0.3, 0.4) is 0 Å². The molecule has 1 fully saturated rings. The molecule has 2 N–H and O–H groups in total. The van der Waals surface area contributed by atoms with E-state index in [1.165, 1.54) is 0 Å². The van der Waals surface area contributed by atoms with Crippen LogP contribution in [0.15, 0.2) is 24.3 Å². The number of hydrogen-bond donors (Lipinski definition) is 1. The van der Waals surface area contributed by atoms with Crippen LogP contribution in [0.1, 0.15) is 22.3 Å². The molecule has 0 saturated carbocycles. The van der Waals surface area contributed by atoms with Crippen molar-refractivity contribution in [3.63, 3.8) is 0 Å². The SMILES string of the molecule is NCCc1ccc(C(=O)OCC2CCOC2)cc1. The van der Waals surface area contributed by atoms with Crippen molar-refractivity contribution in [2.75, 3.05) is 26.4 Å². The maximum absolute atomic E-state index is 11.8. The molecule has 1 aliphatic rings. The molecule has 1 saturated heterocycles. The van der Waals surface area contributed by atoms with Crippen molar-refractivity contribution >= 4 is 5.97 Å². The number of esters is 1. The van der Waals surface area contributed by atoms with E-state index < -0.39 is 0 Å². The van der Waals surface area contributed by atoms with Gasteiger partial charge in [-0.15, -0.1) is 0 Å². The molecule has 1 heterocycles. The van der Waals surface area contributed by atoms with Crippen LogP contribution in [0.5, 0.6) is 0 Å². The van der Waals surface area contributed by atoms with Gasteiger partial charge in [0.05, 0.1) is 18.8 Å². The van der Waals surface area contributed by atoms with Crippen molar-refractivity contribution < 1.29 is 14.3 Å². The normalized spacial score (nSPS) is 18.8. The van der Waals surface area contributed by atoms with E-state index in [9.17, 15) is 4.79 Å². The third-order valence-corrected chi connectivity index (χ3v) is 3.10. The predicted octanol–water partition coefficient (Wildman–Crippen LogP) is 1.38. The van der Waals surface area contributed by atoms with E-state index in [-0.39, 0.29) is 5.97 Å². The number of benzene rings is 1. The summed E-state index contributed by atoms with van der Waals surface area (Å²) in [7, 11) is 0. The minimum Gasteiger partial charge on any atom is -0.462 e. The average molecular weight is 249 g/mol. The Morgan fingerprint density at radius 3 is 2.78 bits per heavy atom. The molecule has 0 aliphatic carbocycles. The molecule has 1 atom stereocenters. The second kappa shape index (κ2) is 6.52. The first-order chi connectivity index (χ1) is 8.79. The molecule has 1 aromatic carbocycles. The number of carbonyl (C=O) groups excluding carboxylic acids is 1. The zero-order valence-electron chi connectivity index (χ0n) is 10.4. The molecular weight excluding hydrogens is 230 g/mol. The highest BCUT2D eigenvalue weighted by molar-refractivity contribution is 5.89. The van der Waals surface area contributed by atoms with Crippen molar-refractivity contribution in [2.24, 2.45) is 11.7 Å². The quantitative estimate of drug-likeness (QED) is 0.801. The molecule has 1 unspecified atom stereocenters. The van der Waals surface area contributed by atoms with Crippen LogP contribution in [0.2, 0.25) is 0 Å². The molecule has 0 radical (unpaired) electrons. The Morgan fingerprint density at radius 1 is 1.39 bits per heavy atom. The topological polar surface area (TPSA) is 61.6 Å². The van der Waals surface area contributed by atoms with Crippen molar-refractivity contribution in [3.8, 4) is 0 Å². The fraction of sp³-hybridized carbons (Fsp3) is 0.500. The molecule has 0 aromatic heterocycles. The van der Waals surface area contributed by atoms with E-state index >= 15 is 0 Å². The summed E-state index contributed by atoms with van der Waals surface area (Å²) in [6.07, 6.45) is 1.80. The van der Waals surface area contributed by atoms with Gasteiger partial charge in [-0.2, -0.15) is 0 Å². The van der Waals surface area contributed by atoms with E-state index in [1.54, 1.807) is 12.1 Å². The molecule has 0 amide bonds. The Labute approximate surface area is 107 Å². The monoisotopic (exact) mass is 249 g/mol. The summed E-state index contributed by atoms with van der Waals surface area (Å²) < 4.78 is 10.5. The maximum atomic E-state index is 11.8. The molecule has 0 spiro atoms. The molecule has 4 heteroatoms. The van der Waals surface area contributed by atoms with Gasteiger partial charge in [0.1, 0.15) is 0 Å². The second-order valence-electron chi connectivity index (χ2n) is 4.56. The van der Waals surface area contributed by atoms with Crippen LogP contribution >= 0.6 is 0 Å². The lowest BCUT2D eigenvalue weighted by molar-refractivity contribution is 0.0428. The highest BCUT2D eigenvalue weighted by Gasteiger charge is 2.18. The lowest BCUT2D eigenvalue weighted by Crippen LogP contribution is -2.14. The Balaban J connectivity index is 1.83. The molecule has 98 valence electrons. The van der Waals surface area contributed by atoms with Crippen molar-refractivity contribution in [1.82, 2.24) is 0 Å². The van der Waals surface area contributed by atoms with E-state index in [1.807, 2.05) is 12.1 Å². The molecule has 18 heavy (non-hydrogen) atoms. The van der Waals surface area contributed by atoms with Crippen molar-refractivity contribution in [1.29, 1.82) is 0 Å². The van der Waals surface area contributed by atoms with Gasteiger partial charge in [-0.1, -0.05) is 12.1 Å². The van der Waals surface area contributed by atoms with Gasteiger partial charge in [0.2, 0.25) is 0 Å².